The number of amides is 1. The summed E-state index contributed by atoms with van der Waals surface area (Å²) < 4.78 is 5.26. The predicted octanol–water partition coefficient (Wildman–Crippen LogP) is 5.32. The van der Waals surface area contributed by atoms with Gasteiger partial charge in [-0.15, -0.1) is 0 Å². The number of unbranched alkanes of at least 4 members (excludes halogenated alkanes) is 2. The maximum atomic E-state index is 13.2. The minimum Gasteiger partial charge on any atom is -0.507 e. The van der Waals surface area contributed by atoms with Crippen LogP contribution in [-0.2, 0) is 9.59 Å². The molecule has 1 fully saturated rings. The zero-order chi connectivity index (χ0) is 27.7. The fourth-order valence-corrected chi connectivity index (χ4v) is 4.70. The molecule has 0 spiro atoms. The number of carbonyl (C=O) groups is 2. The Balaban J connectivity index is 1.94. The van der Waals surface area contributed by atoms with E-state index in [0.717, 1.165) is 45.3 Å². The lowest BCUT2D eigenvalue weighted by Crippen LogP contribution is -2.34. The number of methoxy groups -OCH3 is 1. The van der Waals surface area contributed by atoms with Crippen molar-refractivity contribution in [2.24, 2.45) is 0 Å². The molecule has 0 bridgehead atoms. The van der Waals surface area contributed by atoms with Crippen LogP contribution in [0.5, 0.6) is 5.75 Å². The van der Waals surface area contributed by atoms with Crippen molar-refractivity contribution in [2.45, 2.75) is 52.0 Å². The van der Waals surface area contributed by atoms with E-state index in [1.165, 1.54) is 29.2 Å². The lowest BCUT2D eigenvalue weighted by molar-refractivity contribution is -0.384. The lowest BCUT2D eigenvalue weighted by atomic mass is 9.95. The van der Waals surface area contributed by atoms with Crippen LogP contribution in [0.1, 0.15) is 63.1 Å². The second-order valence-electron chi connectivity index (χ2n) is 9.47. The maximum Gasteiger partial charge on any atom is 0.295 e. The number of aliphatic hydroxyl groups is 1. The number of nitro groups is 1. The van der Waals surface area contributed by atoms with Gasteiger partial charge in [0.15, 0.2) is 0 Å². The molecule has 1 aliphatic heterocycles. The van der Waals surface area contributed by atoms with E-state index in [-0.39, 0.29) is 22.6 Å². The number of Topliss-reactive ketones (excluding diaryl/α,β-unsaturated/α-hetero) is 1. The Kier molecular flexibility index (Phi) is 10.4. The van der Waals surface area contributed by atoms with Gasteiger partial charge in [0.1, 0.15) is 11.5 Å². The summed E-state index contributed by atoms with van der Waals surface area (Å²) in [7, 11) is 1.55. The molecule has 1 N–H and O–H groups in total. The van der Waals surface area contributed by atoms with E-state index in [1.807, 2.05) is 0 Å². The van der Waals surface area contributed by atoms with Crippen molar-refractivity contribution < 1.29 is 24.4 Å². The lowest BCUT2D eigenvalue weighted by Gasteiger charge is -2.27. The summed E-state index contributed by atoms with van der Waals surface area (Å²) in [6.07, 6.45) is 5.12. The molecule has 2 aromatic rings. The molecule has 0 aliphatic carbocycles. The van der Waals surface area contributed by atoms with Crippen molar-refractivity contribution in [1.82, 2.24) is 9.80 Å². The number of ether oxygens (including phenoxy) is 1. The van der Waals surface area contributed by atoms with Crippen molar-refractivity contribution in [2.75, 3.05) is 33.3 Å². The van der Waals surface area contributed by atoms with E-state index in [0.29, 0.717) is 24.3 Å². The molecule has 38 heavy (non-hydrogen) atoms. The van der Waals surface area contributed by atoms with Gasteiger partial charge in [-0.25, -0.2) is 0 Å². The molecular formula is C29H37N3O6. The van der Waals surface area contributed by atoms with Crippen LogP contribution in [0.3, 0.4) is 0 Å². The van der Waals surface area contributed by atoms with Crippen LogP contribution in [0.2, 0.25) is 0 Å². The third-order valence-corrected chi connectivity index (χ3v) is 6.85. The first-order valence-electron chi connectivity index (χ1n) is 13.2. The zero-order valence-electron chi connectivity index (χ0n) is 22.4. The van der Waals surface area contributed by atoms with Gasteiger partial charge in [-0.05, 0) is 68.7 Å². The Hall–Kier alpha value is -3.72. The summed E-state index contributed by atoms with van der Waals surface area (Å²) in [6, 6.07) is 11.5. The minimum absolute atomic E-state index is 0.0251. The minimum atomic E-state index is -0.782. The molecule has 9 nitrogen and oxygen atoms in total. The molecule has 1 aliphatic rings. The molecule has 3 rings (SSSR count). The molecule has 1 saturated heterocycles. The van der Waals surface area contributed by atoms with Gasteiger partial charge in [0.25, 0.3) is 17.4 Å². The van der Waals surface area contributed by atoms with Crippen molar-refractivity contribution in [3.63, 3.8) is 0 Å². The molecule has 0 saturated carbocycles. The molecule has 1 atom stereocenters. The molecule has 0 radical (unpaired) electrons. The number of non-ortho nitro benzene ring substituents is 1. The van der Waals surface area contributed by atoms with Crippen LogP contribution >= 0.6 is 0 Å². The number of nitrogens with zero attached hydrogens (tertiary/aromatic N) is 3. The molecule has 0 aromatic heterocycles. The number of nitro benzene ring substituents is 1. The van der Waals surface area contributed by atoms with Gasteiger partial charge < -0.3 is 19.6 Å². The highest BCUT2D eigenvalue weighted by molar-refractivity contribution is 6.46. The van der Waals surface area contributed by atoms with Crippen LogP contribution < -0.4 is 4.74 Å². The summed E-state index contributed by atoms with van der Waals surface area (Å²) in [6.45, 7) is 7.48. The van der Waals surface area contributed by atoms with E-state index < -0.39 is 22.7 Å². The second kappa shape index (κ2) is 13.7. The van der Waals surface area contributed by atoms with Gasteiger partial charge in [0.2, 0.25) is 0 Å². The number of ketones is 1. The number of aliphatic hydroxyl groups excluding tert-OH is 1. The fraction of sp³-hybridized carbons (Fsp3) is 0.448. The Bertz CT molecular complexity index is 1140. The Morgan fingerprint density at radius 1 is 0.974 bits per heavy atom. The smallest absolute Gasteiger partial charge is 0.295 e. The summed E-state index contributed by atoms with van der Waals surface area (Å²) >= 11 is 0. The van der Waals surface area contributed by atoms with Gasteiger partial charge in [-0.3, -0.25) is 19.7 Å². The summed E-state index contributed by atoms with van der Waals surface area (Å²) in [4.78, 5) is 40.9. The van der Waals surface area contributed by atoms with Gasteiger partial charge in [0, 0.05) is 24.2 Å². The molecule has 1 heterocycles. The van der Waals surface area contributed by atoms with Crippen molar-refractivity contribution in [3.8, 4) is 5.75 Å². The highest BCUT2D eigenvalue weighted by atomic mass is 16.6. The maximum absolute atomic E-state index is 13.2. The molecule has 0 unspecified atom stereocenters. The van der Waals surface area contributed by atoms with Crippen LogP contribution in [0, 0.1) is 10.1 Å². The Morgan fingerprint density at radius 2 is 1.55 bits per heavy atom. The van der Waals surface area contributed by atoms with Crippen LogP contribution in [0.25, 0.3) is 5.76 Å². The van der Waals surface area contributed by atoms with Crippen LogP contribution in [0.4, 0.5) is 5.69 Å². The van der Waals surface area contributed by atoms with Gasteiger partial charge in [0.05, 0.1) is 23.6 Å². The summed E-state index contributed by atoms with van der Waals surface area (Å²) in [5.74, 6) is -1.16. The number of hydrogen-bond donors (Lipinski definition) is 1. The van der Waals surface area contributed by atoms with E-state index in [1.54, 1.807) is 31.4 Å². The molecule has 9 heteroatoms. The number of hydrogen-bond acceptors (Lipinski definition) is 7. The van der Waals surface area contributed by atoms with Gasteiger partial charge >= 0.3 is 0 Å². The highest BCUT2D eigenvalue weighted by Gasteiger charge is 2.45. The summed E-state index contributed by atoms with van der Waals surface area (Å²) in [5.41, 5.74) is 0.743. The third kappa shape index (κ3) is 6.77. The van der Waals surface area contributed by atoms with Crippen molar-refractivity contribution in [1.29, 1.82) is 0 Å². The standard InChI is InChI=1S/C29H37N3O6/c1-4-6-17-30(18-7-5-2)19-8-20-31-26(21-11-15-24(38-3)16-12-21)25(28(34)29(31)35)27(33)22-9-13-23(14-10-22)32(36)37/h9-16,26,33H,4-8,17-20H2,1-3H3/t26-/m0/s1. The Morgan fingerprint density at radius 3 is 2.08 bits per heavy atom. The van der Waals surface area contributed by atoms with Gasteiger partial charge in [-0.2, -0.15) is 0 Å². The first kappa shape index (κ1) is 28.8. The molecular weight excluding hydrogens is 486 g/mol. The third-order valence-electron chi connectivity index (χ3n) is 6.85. The fourth-order valence-electron chi connectivity index (χ4n) is 4.70. The number of rotatable bonds is 14. The van der Waals surface area contributed by atoms with Crippen LogP contribution in [0.15, 0.2) is 54.1 Å². The highest BCUT2D eigenvalue weighted by Crippen LogP contribution is 2.40. The number of benzene rings is 2. The van der Waals surface area contributed by atoms with Crippen molar-refractivity contribution >= 4 is 23.1 Å². The predicted molar refractivity (Wildman–Crippen MR) is 146 cm³/mol. The number of carbonyl (C=O) groups excluding carboxylic acids is 2. The van der Waals surface area contributed by atoms with E-state index in [4.69, 9.17) is 4.74 Å². The molecule has 204 valence electrons. The zero-order valence-corrected chi connectivity index (χ0v) is 22.4. The summed E-state index contributed by atoms with van der Waals surface area (Å²) in [5, 5.41) is 22.2. The van der Waals surface area contributed by atoms with E-state index in [9.17, 15) is 24.8 Å². The van der Waals surface area contributed by atoms with E-state index in [2.05, 4.69) is 18.7 Å². The second-order valence-corrected chi connectivity index (χ2v) is 9.47. The normalized spacial score (nSPS) is 16.8. The number of likely N-dealkylation sites (tertiary alicyclic amines) is 1. The van der Waals surface area contributed by atoms with Crippen LogP contribution in [-0.4, -0.2) is 64.8 Å². The largest absolute Gasteiger partial charge is 0.507 e. The average Bonchev–Trinajstić information content (AvgIpc) is 3.18. The van der Waals surface area contributed by atoms with Gasteiger partial charge in [-0.1, -0.05) is 38.8 Å². The first-order chi connectivity index (χ1) is 18.3. The topological polar surface area (TPSA) is 113 Å². The Labute approximate surface area is 223 Å². The SMILES string of the molecule is CCCCN(CCCC)CCCN1C(=O)C(=O)C(=C(O)c2ccc([N+](=O)[O-])cc2)[C@@H]1c1ccc(OC)cc1. The quantitative estimate of drug-likeness (QED) is 0.117. The molecule has 2 aromatic carbocycles. The molecule has 1 amide bonds. The first-order valence-corrected chi connectivity index (χ1v) is 13.2. The van der Waals surface area contributed by atoms with Crippen molar-refractivity contribution in [3.05, 3.63) is 75.3 Å². The van der Waals surface area contributed by atoms with E-state index >= 15 is 0 Å². The monoisotopic (exact) mass is 523 g/mol. The average molecular weight is 524 g/mol.